The van der Waals surface area contributed by atoms with Gasteiger partial charge in [-0.3, -0.25) is 9.79 Å². The van der Waals surface area contributed by atoms with Crippen molar-refractivity contribution in [2.75, 3.05) is 7.11 Å². The number of carboxylic acid groups (broad SMARTS) is 1. The summed E-state index contributed by atoms with van der Waals surface area (Å²) >= 11 is 12.2. The normalized spacial score (nSPS) is 16.6. The van der Waals surface area contributed by atoms with Crippen LogP contribution in [0.15, 0.2) is 71.7 Å². The van der Waals surface area contributed by atoms with Gasteiger partial charge in [-0.2, -0.15) is 0 Å². The van der Waals surface area contributed by atoms with E-state index in [2.05, 4.69) is 4.99 Å². The first-order valence-corrected chi connectivity index (χ1v) is 10.9. The fourth-order valence-corrected chi connectivity index (χ4v) is 4.29. The van der Waals surface area contributed by atoms with Crippen molar-refractivity contribution >= 4 is 41.2 Å². The molecule has 3 aromatic rings. The zero-order chi connectivity index (χ0) is 24.5. The molecular formula is C26H18Cl2FNO4. The molecule has 172 valence electrons. The van der Waals surface area contributed by atoms with Gasteiger partial charge in [-0.05, 0) is 71.8 Å². The topological polar surface area (TPSA) is 76.0 Å². The van der Waals surface area contributed by atoms with E-state index in [1.807, 2.05) is 0 Å². The number of benzene rings is 3. The van der Waals surface area contributed by atoms with Crippen LogP contribution in [0.1, 0.15) is 26.3 Å². The maximum atomic E-state index is 14.6. The van der Waals surface area contributed by atoms with Gasteiger partial charge in [0.15, 0.2) is 5.78 Å². The van der Waals surface area contributed by atoms with Gasteiger partial charge in [-0.25, -0.2) is 9.18 Å². The molecule has 0 saturated carbocycles. The number of rotatable bonds is 7. The maximum absolute atomic E-state index is 14.6. The van der Waals surface area contributed by atoms with Gasteiger partial charge in [0.1, 0.15) is 17.1 Å². The molecule has 0 saturated heterocycles. The Morgan fingerprint density at radius 2 is 1.88 bits per heavy atom. The highest BCUT2D eigenvalue weighted by atomic mass is 35.5. The lowest BCUT2D eigenvalue weighted by atomic mass is 9.83. The van der Waals surface area contributed by atoms with Gasteiger partial charge >= 0.3 is 5.97 Å². The zero-order valence-electron chi connectivity index (χ0n) is 17.9. The highest BCUT2D eigenvalue weighted by Crippen LogP contribution is 2.36. The Hall–Kier alpha value is -3.48. The number of ether oxygens (including phenoxy) is 1. The highest BCUT2D eigenvalue weighted by molar-refractivity contribution is 6.33. The molecule has 0 radical (unpaired) electrons. The number of methoxy groups -OCH3 is 1. The number of carbonyl (C=O) groups excluding carboxylic acids is 1. The van der Waals surface area contributed by atoms with E-state index in [1.54, 1.807) is 30.4 Å². The molecule has 1 unspecified atom stereocenters. The van der Waals surface area contributed by atoms with Crippen LogP contribution in [0.2, 0.25) is 10.0 Å². The van der Waals surface area contributed by atoms with Gasteiger partial charge in [0.2, 0.25) is 0 Å². The van der Waals surface area contributed by atoms with E-state index in [-0.39, 0.29) is 22.6 Å². The average molecular weight is 498 g/mol. The molecule has 0 amide bonds. The second-order valence-corrected chi connectivity index (χ2v) is 8.56. The van der Waals surface area contributed by atoms with E-state index in [0.717, 1.165) is 6.07 Å². The van der Waals surface area contributed by atoms with Crippen molar-refractivity contribution in [2.24, 2.45) is 4.99 Å². The van der Waals surface area contributed by atoms with Crippen molar-refractivity contribution in [2.45, 2.75) is 12.0 Å². The Balaban J connectivity index is 1.79. The molecule has 1 heterocycles. The first kappa shape index (κ1) is 23.7. The molecule has 1 aliphatic heterocycles. The number of allylic oxidation sites excluding steroid dienone is 1. The molecule has 0 spiro atoms. The molecule has 0 bridgehead atoms. The molecule has 0 fully saturated rings. The van der Waals surface area contributed by atoms with Crippen molar-refractivity contribution < 1.29 is 23.8 Å². The second kappa shape index (κ2) is 9.41. The summed E-state index contributed by atoms with van der Waals surface area (Å²) in [6.07, 6.45) is 4.83. The molecule has 4 rings (SSSR count). The lowest BCUT2D eigenvalue weighted by Gasteiger charge is -2.25. The van der Waals surface area contributed by atoms with Gasteiger partial charge in [0.25, 0.3) is 0 Å². The lowest BCUT2D eigenvalue weighted by Crippen LogP contribution is -2.36. The van der Waals surface area contributed by atoms with E-state index < -0.39 is 23.1 Å². The minimum absolute atomic E-state index is 0.0775. The number of Topliss-reactive ketones (excluding diaryl/α,β-unsaturated/α-hetero) is 1. The van der Waals surface area contributed by atoms with Crippen LogP contribution in [0, 0.1) is 5.82 Å². The van der Waals surface area contributed by atoms with Gasteiger partial charge in [-0.1, -0.05) is 29.3 Å². The largest absolute Gasteiger partial charge is 0.496 e. The maximum Gasteiger partial charge on any atom is 0.335 e. The summed E-state index contributed by atoms with van der Waals surface area (Å²) in [5.41, 5.74) is 0.344. The molecule has 5 nitrogen and oxygen atoms in total. The van der Waals surface area contributed by atoms with Crippen molar-refractivity contribution in [1.29, 1.82) is 0 Å². The summed E-state index contributed by atoms with van der Waals surface area (Å²) in [5.74, 6) is -1.84. The number of hydrogen-bond donors (Lipinski definition) is 1. The van der Waals surface area contributed by atoms with Crippen molar-refractivity contribution in [3.63, 3.8) is 0 Å². The van der Waals surface area contributed by atoms with Crippen LogP contribution in [-0.2, 0) is 6.42 Å². The van der Waals surface area contributed by atoms with Crippen LogP contribution >= 0.6 is 23.2 Å². The fourth-order valence-electron chi connectivity index (χ4n) is 3.90. The first-order valence-electron chi connectivity index (χ1n) is 10.2. The molecule has 34 heavy (non-hydrogen) atoms. The van der Waals surface area contributed by atoms with Gasteiger partial charge in [0.05, 0.1) is 18.2 Å². The Labute approximate surface area is 205 Å². The summed E-state index contributed by atoms with van der Waals surface area (Å²) in [5, 5.41) is 9.91. The minimum Gasteiger partial charge on any atom is -0.496 e. The standard InChI is InChI=1S/C26H18Cl2FNO4/c1-34-23-8-4-15(20-12-16(25(32)33)3-7-21(20)28)11-17(23)14-26(9-2-10-30-26)24(31)19-6-5-18(27)13-22(19)29/h2-13H,14H2,1H3,(H,32,33). The SMILES string of the molecule is COc1ccc(-c2cc(C(=O)O)ccc2Cl)cc1CC1(C(=O)c2ccc(Cl)cc2F)C=CC=N1. The molecule has 0 aliphatic carbocycles. The zero-order valence-corrected chi connectivity index (χ0v) is 19.4. The number of carbonyl (C=O) groups is 2. The van der Waals surface area contributed by atoms with Crippen LogP contribution in [0.4, 0.5) is 4.39 Å². The van der Waals surface area contributed by atoms with E-state index in [1.165, 1.54) is 43.7 Å². The minimum atomic E-state index is -1.38. The summed E-state index contributed by atoms with van der Waals surface area (Å²) in [6, 6.07) is 13.5. The quantitative estimate of drug-likeness (QED) is 0.388. The van der Waals surface area contributed by atoms with Crippen LogP contribution < -0.4 is 4.74 Å². The average Bonchev–Trinajstić information content (AvgIpc) is 3.28. The number of carboxylic acids is 1. The van der Waals surface area contributed by atoms with E-state index in [0.29, 0.717) is 27.5 Å². The van der Waals surface area contributed by atoms with Crippen molar-refractivity contribution in [3.05, 3.63) is 99.3 Å². The lowest BCUT2D eigenvalue weighted by molar-refractivity contribution is 0.0696. The third-order valence-electron chi connectivity index (χ3n) is 5.60. The third-order valence-corrected chi connectivity index (χ3v) is 6.16. The fraction of sp³-hybridized carbons (Fsp3) is 0.115. The molecule has 1 atom stereocenters. The second-order valence-electron chi connectivity index (χ2n) is 7.72. The van der Waals surface area contributed by atoms with Gasteiger partial charge in [0, 0.05) is 28.2 Å². The number of ketones is 1. The Morgan fingerprint density at radius 1 is 1.09 bits per heavy atom. The highest BCUT2D eigenvalue weighted by Gasteiger charge is 2.39. The van der Waals surface area contributed by atoms with Gasteiger partial charge < -0.3 is 9.84 Å². The number of halogens is 3. The molecule has 8 heteroatoms. The molecule has 1 N–H and O–H groups in total. The molecular weight excluding hydrogens is 480 g/mol. The van der Waals surface area contributed by atoms with Gasteiger partial charge in [-0.15, -0.1) is 0 Å². The van der Waals surface area contributed by atoms with Crippen LogP contribution in [0.3, 0.4) is 0 Å². The van der Waals surface area contributed by atoms with Crippen molar-refractivity contribution in [3.8, 4) is 16.9 Å². The third kappa shape index (κ3) is 4.47. The first-order chi connectivity index (χ1) is 16.2. The monoisotopic (exact) mass is 497 g/mol. The molecule has 1 aliphatic rings. The predicted molar refractivity (Wildman–Crippen MR) is 130 cm³/mol. The Morgan fingerprint density at radius 3 is 2.53 bits per heavy atom. The number of nitrogens with zero attached hydrogens (tertiary/aromatic N) is 1. The predicted octanol–water partition coefficient (Wildman–Crippen LogP) is 6.31. The van der Waals surface area contributed by atoms with Crippen LogP contribution in [0.5, 0.6) is 5.75 Å². The van der Waals surface area contributed by atoms with Crippen LogP contribution in [-0.4, -0.2) is 35.7 Å². The van der Waals surface area contributed by atoms with Crippen LogP contribution in [0.25, 0.3) is 11.1 Å². The summed E-state index contributed by atoms with van der Waals surface area (Å²) in [4.78, 5) is 29.3. The summed E-state index contributed by atoms with van der Waals surface area (Å²) in [6.45, 7) is 0. The Bertz CT molecular complexity index is 1350. The molecule has 3 aromatic carbocycles. The van der Waals surface area contributed by atoms with E-state index in [4.69, 9.17) is 27.9 Å². The number of aromatic carboxylic acids is 1. The van der Waals surface area contributed by atoms with E-state index >= 15 is 0 Å². The number of aliphatic imine (C=N–C) groups is 1. The Kier molecular flexibility index (Phi) is 6.55. The number of hydrogen-bond acceptors (Lipinski definition) is 4. The molecule has 0 aromatic heterocycles. The van der Waals surface area contributed by atoms with E-state index in [9.17, 15) is 19.1 Å². The summed E-state index contributed by atoms with van der Waals surface area (Å²) < 4.78 is 20.1. The summed E-state index contributed by atoms with van der Waals surface area (Å²) in [7, 11) is 1.50. The van der Waals surface area contributed by atoms with Crippen molar-refractivity contribution in [1.82, 2.24) is 0 Å². The smallest absolute Gasteiger partial charge is 0.335 e.